The minimum atomic E-state index is 0.411. The highest BCUT2D eigenvalue weighted by atomic mass is 79.9. The number of nitrogens with two attached hydrogens (primary N) is 1. The third-order valence-electron chi connectivity index (χ3n) is 1.93. The van der Waals surface area contributed by atoms with Gasteiger partial charge in [0, 0.05) is 6.54 Å². The molecule has 0 saturated carbocycles. The summed E-state index contributed by atoms with van der Waals surface area (Å²) >= 11 is 6.80. The summed E-state index contributed by atoms with van der Waals surface area (Å²) < 4.78 is 12.4. The van der Waals surface area contributed by atoms with Crippen molar-refractivity contribution in [3.8, 4) is 11.5 Å². The van der Waals surface area contributed by atoms with Gasteiger partial charge in [0.25, 0.3) is 0 Å². The molecule has 0 atom stereocenters. The first kappa shape index (κ1) is 13.5. The summed E-state index contributed by atoms with van der Waals surface area (Å²) in [6.07, 6.45) is 0. The molecule has 88 valence electrons. The number of hydrogen-bond donors (Lipinski definition) is 1. The molecule has 0 aromatic heterocycles. The fourth-order valence-corrected chi connectivity index (χ4v) is 1.94. The topological polar surface area (TPSA) is 44.5 Å². The number of methoxy groups -OCH3 is 1. The lowest BCUT2D eigenvalue weighted by Crippen LogP contribution is -2.10. The molecule has 5 heteroatoms. The second kappa shape index (κ2) is 6.27. The summed E-state index contributed by atoms with van der Waals surface area (Å²) in [5.41, 5.74) is 6.28. The first-order chi connectivity index (χ1) is 7.58. The van der Waals surface area contributed by atoms with Crippen LogP contribution >= 0.6 is 31.9 Å². The fourth-order valence-electron chi connectivity index (χ4n) is 1.02. The molecule has 0 amide bonds. The van der Waals surface area contributed by atoms with Crippen molar-refractivity contribution in [2.24, 2.45) is 5.73 Å². The van der Waals surface area contributed by atoms with Crippen LogP contribution in [0.1, 0.15) is 0 Å². The van der Waals surface area contributed by atoms with Gasteiger partial charge in [0.15, 0.2) is 0 Å². The summed E-state index contributed by atoms with van der Waals surface area (Å²) in [6, 6.07) is 3.68. The van der Waals surface area contributed by atoms with Gasteiger partial charge in [0.05, 0.1) is 16.1 Å². The van der Waals surface area contributed by atoms with Gasteiger partial charge in [-0.2, -0.15) is 0 Å². The van der Waals surface area contributed by atoms with E-state index in [1.807, 2.05) is 12.1 Å². The predicted molar refractivity (Wildman–Crippen MR) is 72.1 cm³/mol. The molecule has 1 rings (SSSR count). The zero-order chi connectivity index (χ0) is 12.1. The lowest BCUT2D eigenvalue weighted by molar-refractivity contribution is 0.346. The molecule has 0 bridgehead atoms. The Balaban J connectivity index is 2.81. The molecule has 0 heterocycles. The molecule has 0 unspecified atom stereocenters. The minimum Gasteiger partial charge on any atom is -0.496 e. The van der Waals surface area contributed by atoms with Crippen LogP contribution in [-0.2, 0) is 0 Å². The van der Waals surface area contributed by atoms with Crippen molar-refractivity contribution in [1.82, 2.24) is 0 Å². The molecule has 2 N–H and O–H groups in total. The first-order valence-corrected chi connectivity index (χ1v) is 6.19. The van der Waals surface area contributed by atoms with Crippen LogP contribution in [0.25, 0.3) is 0 Å². The highest BCUT2D eigenvalue weighted by molar-refractivity contribution is 9.11. The Morgan fingerprint density at radius 3 is 2.44 bits per heavy atom. The Bertz CT molecular complexity index is 394. The Hall–Kier alpha value is -0.520. The molecule has 0 fully saturated rings. The van der Waals surface area contributed by atoms with Gasteiger partial charge in [-0.1, -0.05) is 6.58 Å². The van der Waals surface area contributed by atoms with E-state index in [1.54, 1.807) is 7.11 Å². The Morgan fingerprint density at radius 1 is 1.31 bits per heavy atom. The van der Waals surface area contributed by atoms with E-state index in [9.17, 15) is 0 Å². The molecule has 0 aliphatic rings. The van der Waals surface area contributed by atoms with Crippen molar-refractivity contribution in [3.63, 3.8) is 0 Å². The summed E-state index contributed by atoms with van der Waals surface area (Å²) in [5.74, 6) is 1.47. The number of halogens is 2. The van der Waals surface area contributed by atoms with Crippen LogP contribution in [0.15, 0.2) is 33.2 Å². The maximum Gasteiger partial charge on any atom is 0.135 e. The SMILES string of the molecule is C=C(CN)COc1cc(Br)c(OC)cc1Br. The van der Waals surface area contributed by atoms with Gasteiger partial charge >= 0.3 is 0 Å². The lowest BCUT2D eigenvalue weighted by atomic mass is 10.3. The molecular weight excluding hydrogens is 338 g/mol. The normalized spacial score (nSPS) is 10.0. The van der Waals surface area contributed by atoms with Gasteiger partial charge in [-0.25, -0.2) is 0 Å². The summed E-state index contributed by atoms with van der Waals surface area (Å²) in [6.45, 7) is 4.61. The zero-order valence-corrected chi connectivity index (χ0v) is 12.1. The van der Waals surface area contributed by atoms with Gasteiger partial charge in [-0.15, -0.1) is 0 Å². The van der Waals surface area contributed by atoms with Crippen LogP contribution in [0.4, 0.5) is 0 Å². The van der Waals surface area contributed by atoms with E-state index >= 15 is 0 Å². The molecule has 16 heavy (non-hydrogen) atoms. The van der Waals surface area contributed by atoms with Gasteiger partial charge in [-0.05, 0) is 49.6 Å². The average molecular weight is 351 g/mol. The Morgan fingerprint density at radius 2 is 1.88 bits per heavy atom. The second-order valence-corrected chi connectivity index (χ2v) is 4.87. The minimum absolute atomic E-state index is 0.411. The molecule has 0 saturated heterocycles. The van der Waals surface area contributed by atoms with Crippen LogP contribution in [-0.4, -0.2) is 20.3 Å². The quantitative estimate of drug-likeness (QED) is 0.830. The van der Waals surface area contributed by atoms with Gasteiger partial charge in [0.2, 0.25) is 0 Å². The Kier molecular flexibility index (Phi) is 5.31. The first-order valence-electron chi connectivity index (χ1n) is 4.61. The maximum absolute atomic E-state index is 5.56. The summed E-state index contributed by atoms with van der Waals surface area (Å²) in [5, 5.41) is 0. The molecule has 0 radical (unpaired) electrons. The van der Waals surface area contributed by atoms with E-state index in [2.05, 4.69) is 38.4 Å². The van der Waals surface area contributed by atoms with Crippen molar-refractivity contribution in [1.29, 1.82) is 0 Å². The predicted octanol–water partition coefficient (Wildman–Crippen LogP) is 3.11. The van der Waals surface area contributed by atoms with Crippen LogP contribution in [0, 0.1) is 0 Å². The van der Waals surface area contributed by atoms with E-state index in [0.29, 0.717) is 13.2 Å². The molecule has 0 aliphatic heterocycles. The molecule has 1 aromatic rings. The molecule has 0 spiro atoms. The van der Waals surface area contributed by atoms with Gasteiger partial charge < -0.3 is 15.2 Å². The number of benzene rings is 1. The van der Waals surface area contributed by atoms with Gasteiger partial charge in [0.1, 0.15) is 18.1 Å². The Labute approximate surface area is 112 Å². The van der Waals surface area contributed by atoms with E-state index in [4.69, 9.17) is 15.2 Å². The standard InChI is InChI=1S/C11H13Br2NO2/c1-7(5-14)6-16-11-4-8(12)10(15-2)3-9(11)13/h3-4H,1,5-6,14H2,2H3. The smallest absolute Gasteiger partial charge is 0.135 e. The van der Waals surface area contributed by atoms with Crippen LogP contribution in [0.2, 0.25) is 0 Å². The van der Waals surface area contributed by atoms with Crippen LogP contribution in [0.5, 0.6) is 11.5 Å². The third-order valence-corrected chi connectivity index (χ3v) is 3.17. The highest BCUT2D eigenvalue weighted by Gasteiger charge is 2.08. The van der Waals surface area contributed by atoms with Crippen molar-refractivity contribution in [3.05, 3.63) is 33.2 Å². The van der Waals surface area contributed by atoms with Gasteiger partial charge in [-0.3, -0.25) is 0 Å². The average Bonchev–Trinajstić information content (AvgIpc) is 2.29. The van der Waals surface area contributed by atoms with E-state index in [-0.39, 0.29) is 0 Å². The second-order valence-electron chi connectivity index (χ2n) is 3.16. The zero-order valence-electron chi connectivity index (χ0n) is 8.93. The third kappa shape index (κ3) is 3.50. The summed E-state index contributed by atoms with van der Waals surface area (Å²) in [7, 11) is 1.61. The molecule has 1 aromatic carbocycles. The van der Waals surface area contributed by atoms with Crippen molar-refractivity contribution >= 4 is 31.9 Å². The van der Waals surface area contributed by atoms with Crippen LogP contribution < -0.4 is 15.2 Å². The number of rotatable bonds is 5. The summed E-state index contributed by atoms with van der Waals surface area (Å²) in [4.78, 5) is 0. The monoisotopic (exact) mass is 349 g/mol. The van der Waals surface area contributed by atoms with Crippen molar-refractivity contribution in [2.75, 3.05) is 20.3 Å². The largest absolute Gasteiger partial charge is 0.496 e. The number of hydrogen-bond acceptors (Lipinski definition) is 3. The maximum atomic E-state index is 5.56. The fraction of sp³-hybridized carbons (Fsp3) is 0.273. The van der Waals surface area contributed by atoms with E-state index < -0.39 is 0 Å². The number of ether oxygens (including phenoxy) is 2. The lowest BCUT2D eigenvalue weighted by Gasteiger charge is -2.11. The molecule has 3 nitrogen and oxygen atoms in total. The van der Waals surface area contributed by atoms with E-state index in [0.717, 1.165) is 26.0 Å². The molecular formula is C11H13Br2NO2. The van der Waals surface area contributed by atoms with E-state index in [1.165, 1.54) is 0 Å². The van der Waals surface area contributed by atoms with Crippen LogP contribution in [0.3, 0.4) is 0 Å². The van der Waals surface area contributed by atoms with Crippen molar-refractivity contribution < 1.29 is 9.47 Å². The highest BCUT2D eigenvalue weighted by Crippen LogP contribution is 2.36. The molecule has 0 aliphatic carbocycles. The van der Waals surface area contributed by atoms with Crippen molar-refractivity contribution in [2.45, 2.75) is 0 Å².